The van der Waals surface area contributed by atoms with Crippen LogP contribution in [0.3, 0.4) is 0 Å². The van der Waals surface area contributed by atoms with E-state index in [2.05, 4.69) is 0 Å². The fourth-order valence-electron chi connectivity index (χ4n) is 3.51. The molecule has 0 atom stereocenters. The second kappa shape index (κ2) is 7.07. The second-order valence-corrected chi connectivity index (χ2v) is 6.07. The van der Waals surface area contributed by atoms with Crippen molar-refractivity contribution in [2.75, 3.05) is 13.7 Å². The molecule has 0 unspecified atom stereocenters. The SMILES string of the molecule is COc1ccc(CCC2(CCN)CCCCC2)cc1F. The van der Waals surface area contributed by atoms with Crippen LogP contribution in [0.25, 0.3) is 0 Å². The van der Waals surface area contributed by atoms with E-state index in [1.165, 1.54) is 39.2 Å². The maximum absolute atomic E-state index is 13.7. The molecule has 2 nitrogen and oxygen atoms in total. The standard InChI is InChI=1S/C17H26FNO/c1-20-16-6-5-14(13-15(16)18)7-10-17(11-12-19)8-3-2-4-9-17/h5-6,13H,2-4,7-12,19H2,1H3. The molecule has 0 radical (unpaired) electrons. The van der Waals surface area contributed by atoms with E-state index < -0.39 is 0 Å². The molecular formula is C17H26FNO. The maximum atomic E-state index is 13.7. The Hall–Kier alpha value is -1.09. The summed E-state index contributed by atoms with van der Waals surface area (Å²) in [7, 11) is 1.50. The van der Waals surface area contributed by atoms with Gasteiger partial charge < -0.3 is 10.5 Å². The van der Waals surface area contributed by atoms with Crippen LogP contribution in [0.1, 0.15) is 50.5 Å². The fraction of sp³-hybridized carbons (Fsp3) is 0.647. The van der Waals surface area contributed by atoms with Crippen LogP contribution in [0, 0.1) is 11.2 Å². The Morgan fingerprint density at radius 2 is 1.95 bits per heavy atom. The Morgan fingerprint density at radius 3 is 2.55 bits per heavy atom. The van der Waals surface area contributed by atoms with Crippen LogP contribution in [0.4, 0.5) is 4.39 Å². The third-order valence-electron chi connectivity index (χ3n) is 4.75. The van der Waals surface area contributed by atoms with Crippen LogP contribution >= 0.6 is 0 Å². The number of ether oxygens (including phenoxy) is 1. The van der Waals surface area contributed by atoms with E-state index in [0.717, 1.165) is 31.4 Å². The molecule has 1 aliphatic carbocycles. The average Bonchev–Trinajstić information content (AvgIpc) is 2.47. The summed E-state index contributed by atoms with van der Waals surface area (Å²) in [6.07, 6.45) is 9.70. The van der Waals surface area contributed by atoms with Crippen LogP contribution < -0.4 is 10.5 Å². The highest BCUT2D eigenvalue weighted by Crippen LogP contribution is 2.42. The summed E-state index contributed by atoms with van der Waals surface area (Å²) in [4.78, 5) is 0. The van der Waals surface area contributed by atoms with E-state index in [1.54, 1.807) is 12.1 Å². The Balaban J connectivity index is 2.00. The first-order valence-electron chi connectivity index (χ1n) is 7.72. The van der Waals surface area contributed by atoms with E-state index in [0.29, 0.717) is 11.2 Å². The van der Waals surface area contributed by atoms with Gasteiger partial charge in [-0.25, -0.2) is 4.39 Å². The first-order valence-corrected chi connectivity index (χ1v) is 7.72. The molecule has 0 aliphatic heterocycles. The molecule has 0 spiro atoms. The highest BCUT2D eigenvalue weighted by molar-refractivity contribution is 5.29. The minimum absolute atomic E-state index is 0.262. The van der Waals surface area contributed by atoms with E-state index in [9.17, 15) is 4.39 Å². The fourth-order valence-corrected chi connectivity index (χ4v) is 3.51. The lowest BCUT2D eigenvalue weighted by atomic mass is 9.68. The molecule has 2 N–H and O–H groups in total. The predicted octanol–water partition coefficient (Wildman–Crippen LogP) is 4.07. The van der Waals surface area contributed by atoms with Gasteiger partial charge in [-0.2, -0.15) is 0 Å². The minimum Gasteiger partial charge on any atom is -0.494 e. The van der Waals surface area contributed by atoms with E-state index in [-0.39, 0.29) is 5.82 Å². The Bertz CT molecular complexity index is 421. The van der Waals surface area contributed by atoms with Crippen molar-refractivity contribution in [1.29, 1.82) is 0 Å². The number of hydrogen-bond donors (Lipinski definition) is 1. The normalized spacial score (nSPS) is 17.9. The lowest BCUT2D eigenvalue weighted by molar-refractivity contribution is 0.161. The zero-order valence-electron chi connectivity index (χ0n) is 12.5. The van der Waals surface area contributed by atoms with Gasteiger partial charge in [0.1, 0.15) is 0 Å². The van der Waals surface area contributed by atoms with Gasteiger partial charge in [-0.05, 0) is 61.8 Å². The number of benzene rings is 1. The lowest BCUT2D eigenvalue weighted by Crippen LogP contribution is -2.28. The molecule has 1 aromatic rings. The van der Waals surface area contributed by atoms with Crippen molar-refractivity contribution >= 4 is 0 Å². The lowest BCUT2D eigenvalue weighted by Gasteiger charge is -2.37. The zero-order valence-corrected chi connectivity index (χ0v) is 12.5. The van der Waals surface area contributed by atoms with Gasteiger partial charge in [-0.3, -0.25) is 0 Å². The Kier molecular flexibility index (Phi) is 5.41. The van der Waals surface area contributed by atoms with Crippen molar-refractivity contribution in [3.05, 3.63) is 29.6 Å². The molecular weight excluding hydrogens is 253 g/mol. The molecule has 0 aromatic heterocycles. The monoisotopic (exact) mass is 279 g/mol. The summed E-state index contributed by atoms with van der Waals surface area (Å²) in [6, 6.07) is 5.31. The van der Waals surface area contributed by atoms with Gasteiger partial charge in [-0.1, -0.05) is 25.3 Å². The van der Waals surface area contributed by atoms with Crippen molar-refractivity contribution in [3.8, 4) is 5.75 Å². The molecule has 3 heteroatoms. The minimum atomic E-state index is -0.262. The largest absolute Gasteiger partial charge is 0.494 e. The topological polar surface area (TPSA) is 35.2 Å². The molecule has 1 fully saturated rings. The molecule has 1 saturated carbocycles. The molecule has 0 saturated heterocycles. The number of nitrogens with two attached hydrogens (primary N) is 1. The summed E-state index contributed by atoms with van der Waals surface area (Å²) >= 11 is 0. The number of rotatable bonds is 6. The average molecular weight is 279 g/mol. The number of halogens is 1. The van der Waals surface area contributed by atoms with Crippen molar-refractivity contribution < 1.29 is 9.13 Å². The van der Waals surface area contributed by atoms with Gasteiger partial charge in [0.05, 0.1) is 7.11 Å². The molecule has 112 valence electrons. The summed E-state index contributed by atoms with van der Waals surface area (Å²) in [5, 5.41) is 0. The van der Waals surface area contributed by atoms with Crippen molar-refractivity contribution in [3.63, 3.8) is 0 Å². The zero-order chi connectivity index (χ0) is 14.4. The van der Waals surface area contributed by atoms with Gasteiger partial charge >= 0.3 is 0 Å². The molecule has 1 aliphatic rings. The van der Waals surface area contributed by atoms with Crippen LogP contribution in [-0.4, -0.2) is 13.7 Å². The molecule has 0 heterocycles. The van der Waals surface area contributed by atoms with Gasteiger partial charge in [-0.15, -0.1) is 0 Å². The summed E-state index contributed by atoms with van der Waals surface area (Å²) in [6.45, 7) is 0.761. The van der Waals surface area contributed by atoms with E-state index >= 15 is 0 Å². The summed E-state index contributed by atoms with van der Waals surface area (Å²) < 4.78 is 18.7. The Morgan fingerprint density at radius 1 is 1.20 bits per heavy atom. The second-order valence-electron chi connectivity index (χ2n) is 6.07. The molecule has 2 rings (SSSR count). The first kappa shape index (κ1) is 15.3. The van der Waals surface area contributed by atoms with Crippen LogP contribution in [0.2, 0.25) is 0 Å². The first-order chi connectivity index (χ1) is 9.69. The van der Waals surface area contributed by atoms with Gasteiger partial charge in [0.15, 0.2) is 11.6 Å². The van der Waals surface area contributed by atoms with Crippen molar-refractivity contribution in [2.24, 2.45) is 11.1 Å². The number of hydrogen-bond acceptors (Lipinski definition) is 2. The van der Waals surface area contributed by atoms with Crippen molar-refractivity contribution in [2.45, 2.75) is 51.4 Å². The molecule has 1 aromatic carbocycles. The van der Waals surface area contributed by atoms with Crippen molar-refractivity contribution in [1.82, 2.24) is 0 Å². The maximum Gasteiger partial charge on any atom is 0.165 e. The van der Waals surface area contributed by atoms with Crippen LogP contribution in [0.5, 0.6) is 5.75 Å². The third kappa shape index (κ3) is 3.72. The van der Waals surface area contributed by atoms with Gasteiger partial charge in [0.25, 0.3) is 0 Å². The number of aryl methyl sites for hydroxylation is 1. The third-order valence-corrected chi connectivity index (χ3v) is 4.75. The summed E-state index contributed by atoms with van der Waals surface area (Å²) in [5.41, 5.74) is 7.25. The molecule has 20 heavy (non-hydrogen) atoms. The van der Waals surface area contributed by atoms with E-state index in [1.807, 2.05) is 6.07 Å². The summed E-state index contributed by atoms with van der Waals surface area (Å²) in [5.74, 6) is 0.0598. The number of methoxy groups -OCH3 is 1. The van der Waals surface area contributed by atoms with Crippen LogP contribution in [0.15, 0.2) is 18.2 Å². The van der Waals surface area contributed by atoms with Crippen LogP contribution in [-0.2, 0) is 6.42 Å². The predicted molar refractivity (Wildman–Crippen MR) is 80.5 cm³/mol. The highest BCUT2D eigenvalue weighted by atomic mass is 19.1. The molecule has 0 amide bonds. The van der Waals surface area contributed by atoms with Gasteiger partial charge in [0.2, 0.25) is 0 Å². The molecule has 0 bridgehead atoms. The smallest absolute Gasteiger partial charge is 0.165 e. The Labute approximate surface area is 121 Å². The highest BCUT2D eigenvalue weighted by Gasteiger charge is 2.30. The van der Waals surface area contributed by atoms with Gasteiger partial charge in [0, 0.05) is 0 Å². The van der Waals surface area contributed by atoms with E-state index in [4.69, 9.17) is 10.5 Å². The quantitative estimate of drug-likeness (QED) is 0.852.